The smallest absolute Gasteiger partial charge is 0.306 e. The molecule has 0 amide bonds. The molecule has 0 aliphatic rings. The van der Waals surface area contributed by atoms with E-state index < -0.39 is 0 Å². The van der Waals surface area contributed by atoms with Gasteiger partial charge in [0.15, 0.2) is 0 Å². The number of nitrogens with one attached hydrogen (secondary N) is 1. The number of aryl methyl sites for hydroxylation is 3. The Labute approximate surface area is 110 Å². The molecule has 98 valence electrons. The summed E-state index contributed by atoms with van der Waals surface area (Å²) >= 11 is 0. The number of hydrogen-bond acceptors (Lipinski definition) is 2. The summed E-state index contributed by atoms with van der Waals surface area (Å²) in [5.41, 5.74) is 2.96. The lowest BCUT2D eigenvalue weighted by Gasteiger charge is -2.05. The van der Waals surface area contributed by atoms with Crippen molar-refractivity contribution in [2.24, 2.45) is 0 Å². The number of nitrogens with zero attached hydrogens (tertiary/aromatic N) is 3. The van der Waals surface area contributed by atoms with Gasteiger partial charge in [0.1, 0.15) is 0 Å². The first-order valence-electron chi connectivity index (χ1n) is 6.41. The first-order chi connectivity index (χ1) is 9.25. The van der Waals surface area contributed by atoms with Crippen LogP contribution in [-0.2, 0) is 13.1 Å². The Hall–Kier alpha value is -2.30. The van der Waals surface area contributed by atoms with E-state index in [-0.39, 0.29) is 5.69 Å². The lowest BCUT2D eigenvalue weighted by atomic mass is 10.3. The third-order valence-electron chi connectivity index (χ3n) is 3.36. The number of hydrogen-bond donors (Lipinski definition) is 1. The van der Waals surface area contributed by atoms with Gasteiger partial charge in [-0.1, -0.05) is 12.1 Å². The van der Waals surface area contributed by atoms with Crippen LogP contribution in [0.3, 0.4) is 0 Å². The summed E-state index contributed by atoms with van der Waals surface area (Å²) in [5.74, 6) is 0. The molecule has 5 heteroatoms. The SMILES string of the molecule is Cc1ccnn1CCCn1c(=O)[nH]c2ccccc21. The molecule has 2 heterocycles. The van der Waals surface area contributed by atoms with Crippen LogP contribution in [0.5, 0.6) is 0 Å². The zero-order valence-electron chi connectivity index (χ0n) is 10.8. The molecular formula is C14H16N4O. The molecule has 1 aromatic carbocycles. The largest absolute Gasteiger partial charge is 0.326 e. The minimum absolute atomic E-state index is 0.0432. The van der Waals surface area contributed by atoms with Crippen LogP contribution in [0.25, 0.3) is 11.0 Å². The van der Waals surface area contributed by atoms with Gasteiger partial charge < -0.3 is 4.98 Å². The van der Waals surface area contributed by atoms with Gasteiger partial charge in [-0.05, 0) is 31.5 Å². The Bertz CT molecular complexity index is 750. The van der Waals surface area contributed by atoms with Gasteiger partial charge in [-0.25, -0.2) is 4.79 Å². The second-order valence-electron chi connectivity index (χ2n) is 4.65. The van der Waals surface area contributed by atoms with Gasteiger partial charge in [-0.2, -0.15) is 5.10 Å². The van der Waals surface area contributed by atoms with Gasteiger partial charge >= 0.3 is 5.69 Å². The van der Waals surface area contributed by atoms with Gasteiger partial charge in [0.05, 0.1) is 11.0 Å². The Morgan fingerprint density at radius 2 is 2.05 bits per heavy atom. The highest BCUT2D eigenvalue weighted by Crippen LogP contribution is 2.09. The van der Waals surface area contributed by atoms with Crippen LogP contribution in [0.2, 0.25) is 0 Å². The maximum atomic E-state index is 11.9. The molecule has 0 atom stereocenters. The van der Waals surface area contributed by atoms with E-state index in [0.29, 0.717) is 6.54 Å². The van der Waals surface area contributed by atoms with Crippen LogP contribution in [0.15, 0.2) is 41.3 Å². The van der Waals surface area contributed by atoms with Crippen molar-refractivity contribution >= 4 is 11.0 Å². The van der Waals surface area contributed by atoms with Crippen molar-refractivity contribution in [2.75, 3.05) is 0 Å². The molecule has 1 N–H and O–H groups in total. The van der Waals surface area contributed by atoms with E-state index in [1.807, 2.05) is 41.9 Å². The van der Waals surface area contributed by atoms with Gasteiger partial charge in [0.25, 0.3) is 0 Å². The van der Waals surface area contributed by atoms with E-state index in [9.17, 15) is 4.79 Å². The van der Waals surface area contributed by atoms with E-state index in [4.69, 9.17) is 0 Å². The van der Waals surface area contributed by atoms with Crippen molar-refractivity contribution in [1.29, 1.82) is 0 Å². The number of aromatic nitrogens is 4. The van der Waals surface area contributed by atoms with Crippen molar-refractivity contribution in [3.05, 3.63) is 52.7 Å². The number of para-hydroxylation sites is 2. The van der Waals surface area contributed by atoms with E-state index in [1.165, 1.54) is 0 Å². The number of benzene rings is 1. The van der Waals surface area contributed by atoms with Gasteiger partial charge in [0, 0.05) is 25.0 Å². The number of aromatic amines is 1. The molecule has 0 saturated carbocycles. The van der Waals surface area contributed by atoms with Crippen molar-refractivity contribution in [1.82, 2.24) is 19.3 Å². The van der Waals surface area contributed by atoms with E-state index in [2.05, 4.69) is 10.1 Å². The molecule has 2 aromatic heterocycles. The molecule has 3 aromatic rings. The molecule has 3 rings (SSSR count). The van der Waals surface area contributed by atoms with Crippen LogP contribution >= 0.6 is 0 Å². The first-order valence-corrected chi connectivity index (χ1v) is 6.41. The molecule has 0 radical (unpaired) electrons. The van der Waals surface area contributed by atoms with E-state index in [1.54, 1.807) is 10.8 Å². The first kappa shape index (κ1) is 11.8. The van der Waals surface area contributed by atoms with Crippen molar-refractivity contribution in [2.45, 2.75) is 26.4 Å². The van der Waals surface area contributed by atoms with E-state index >= 15 is 0 Å². The van der Waals surface area contributed by atoms with E-state index in [0.717, 1.165) is 29.7 Å². The molecule has 0 aliphatic heterocycles. The monoisotopic (exact) mass is 256 g/mol. The summed E-state index contributed by atoms with van der Waals surface area (Å²) in [7, 11) is 0. The van der Waals surface area contributed by atoms with Crippen LogP contribution in [0, 0.1) is 6.92 Å². The van der Waals surface area contributed by atoms with Crippen LogP contribution in [0.4, 0.5) is 0 Å². The summed E-state index contributed by atoms with van der Waals surface area (Å²) in [5, 5.41) is 4.24. The van der Waals surface area contributed by atoms with Gasteiger partial charge in [-0.3, -0.25) is 9.25 Å². The van der Waals surface area contributed by atoms with Gasteiger partial charge in [0.2, 0.25) is 0 Å². The zero-order valence-corrected chi connectivity index (χ0v) is 10.8. The molecule has 5 nitrogen and oxygen atoms in total. The highest BCUT2D eigenvalue weighted by Gasteiger charge is 2.05. The minimum Gasteiger partial charge on any atom is -0.306 e. The average molecular weight is 256 g/mol. The maximum Gasteiger partial charge on any atom is 0.326 e. The predicted molar refractivity (Wildman–Crippen MR) is 74.1 cm³/mol. The molecule has 0 unspecified atom stereocenters. The van der Waals surface area contributed by atoms with Crippen molar-refractivity contribution in [3.8, 4) is 0 Å². The third-order valence-corrected chi connectivity index (χ3v) is 3.36. The second kappa shape index (κ2) is 4.76. The second-order valence-corrected chi connectivity index (χ2v) is 4.65. The lowest BCUT2D eigenvalue weighted by molar-refractivity contribution is 0.518. The highest BCUT2D eigenvalue weighted by atomic mass is 16.1. The fourth-order valence-corrected chi connectivity index (χ4v) is 2.34. The fraction of sp³-hybridized carbons (Fsp3) is 0.286. The molecule has 19 heavy (non-hydrogen) atoms. The maximum absolute atomic E-state index is 11.9. The number of imidazole rings is 1. The lowest BCUT2D eigenvalue weighted by Crippen LogP contribution is -2.18. The summed E-state index contributed by atoms with van der Waals surface area (Å²) in [6.45, 7) is 3.55. The van der Waals surface area contributed by atoms with Crippen molar-refractivity contribution in [3.63, 3.8) is 0 Å². The Kier molecular flexibility index (Phi) is 2.95. The fourth-order valence-electron chi connectivity index (χ4n) is 2.34. The number of H-pyrrole nitrogens is 1. The predicted octanol–water partition coefficient (Wildman–Crippen LogP) is 1.92. The summed E-state index contributed by atoms with van der Waals surface area (Å²) in [6.07, 6.45) is 2.68. The Balaban J connectivity index is 1.77. The minimum atomic E-state index is -0.0432. The van der Waals surface area contributed by atoms with Crippen molar-refractivity contribution < 1.29 is 0 Å². The average Bonchev–Trinajstić information content (AvgIpc) is 2.94. The van der Waals surface area contributed by atoms with Crippen LogP contribution in [0.1, 0.15) is 12.1 Å². The third kappa shape index (κ3) is 2.19. The summed E-state index contributed by atoms with van der Waals surface area (Å²) < 4.78 is 3.74. The van der Waals surface area contributed by atoms with Gasteiger partial charge in [-0.15, -0.1) is 0 Å². The zero-order chi connectivity index (χ0) is 13.2. The molecule has 0 spiro atoms. The normalized spacial score (nSPS) is 11.2. The standard InChI is InChI=1S/C14H16N4O/c1-11-7-8-15-18(11)10-4-9-17-13-6-3-2-5-12(13)16-14(17)19/h2-3,5-8H,4,9-10H2,1H3,(H,16,19). The molecule has 0 fully saturated rings. The Morgan fingerprint density at radius 1 is 1.21 bits per heavy atom. The highest BCUT2D eigenvalue weighted by molar-refractivity contribution is 5.74. The van der Waals surface area contributed by atoms with Crippen LogP contribution < -0.4 is 5.69 Å². The molecule has 0 saturated heterocycles. The Morgan fingerprint density at radius 3 is 2.84 bits per heavy atom. The van der Waals surface area contributed by atoms with Crippen LogP contribution in [-0.4, -0.2) is 19.3 Å². The topological polar surface area (TPSA) is 55.6 Å². The summed E-state index contributed by atoms with van der Waals surface area (Å²) in [4.78, 5) is 14.7. The molecular weight excluding hydrogens is 240 g/mol. The number of fused-ring (bicyclic) bond motifs is 1. The number of rotatable bonds is 4. The molecule has 0 aliphatic carbocycles. The summed E-state index contributed by atoms with van der Waals surface area (Å²) in [6, 6.07) is 9.74. The quantitative estimate of drug-likeness (QED) is 0.775. The molecule has 0 bridgehead atoms.